The van der Waals surface area contributed by atoms with Crippen molar-refractivity contribution in [2.75, 3.05) is 5.32 Å². The topological polar surface area (TPSA) is 46.2 Å². The van der Waals surface area contributed by atoms with Crippen molar-refractivity contribution < 1.29 is 9.59 Å². The molecule has 1 N–H and O–H groups in total. The fraction of sp³-hybridized carbons (Fsp3) is 0.0769. The number of rotatable bonds is 2. The first-order chi connectivity index (χ1) is 7.70. The highest BCUT2D eigenvalue weighted by Crippen LogP contribution is 2.21. The van der Waals surface area contributed by atoms with Crippen molar-refractivity contribution in [3.8, 4) is 0 Å². The number of hydrogen-bond donors (Lipinski definition) is 1. The number of benzene rings is 2. The van der Waals surface area contributed by atoms with E-state index in [-0.39, 0.29) is 5.91 Å². The van der Waals surface area contributed by atoms with Crippen LogP contribution in [0, 0.1) is 0 Å². The van der Waals surface area contributed by atoms with Gasteiger partial charge in [-0.1, -0.05) is 24.3 Å². The van der Waals surface area contributed by atoms with Crippen molar-refractivity contribution in [2.45, 2.75) is 6.92 Å². The maximum atomic E-state index is 10.9. The fourth-order valence-electron chi connectivity index (χ4n) is 1.69. The van der Waals surface area contributed by atoms with Gasteiger partial charge in [0.05, 0.1) is 0 Å². The van der Waals surface area contributed by atoms with E-state index >= 15 is 0 Å². The van der Waals surface area contributed by atoms with Gasteiger partial charge in [-0.25, -0.2) is 0 Å². The quantitative estimate of drug-likeness (QED) is 0.779. The molecule has 0 saturated carbocycles. The van der Waals surface area contributed by atoms with Crippen LogP contribution in [0.5, 0.6) is 0 Å². The minimum Gasteiger partial charge on any atom is -0.326 e. The van der Waals surface area contributed by atoms with E-state index in [0.717, 1.165) is 22.7 Å². The molecule has 0 aliphatic heterocycles. The second-order valence-corrected chi connectivity index (χ2v) is 3.58. The lowest BCUT2D eigenvalue weighted by Crippen LogP contribution is -2.05. The summed E-state index contributed by atoms with van der Waals surface area (Å²) in [7, 11) is 0. The number of amides is 1. The normalized spacial score (nSPS) is 10.1. The number of aldehydes is 1. The van der Waals surface area contributed by atoms with Gasteiger partial charge in [0.25, 0.3) is 0 Å². The summed E-state index contributed by atoms with van der Waals surface area (Å²) in [5.41, 5.74) is 1.40. The zero-order chi connectivity index (χ0) is 11.5. The molecule has 0 aliphatic rings. The Balaban J connectivity index is 2.55. The molecular formula is C13H11NO2. The van der Waals surface area contributed by atoms with Crippen molar-refractivity contribution >= 4 is 28.7 Å². The Kier molecular flexibility index (Phi) is 2.68. The number of carbonyl (C=O) groups excluding carboxylic acids is 2. The van der Waals surface area contributed by atoms with E-state index in [2.05, 4.69) is 5.32 Å². The predicted molar refractivity (Wildman–Crippen MR) is 63.6 cm³/mol. The summed E-state index contributed by atoms with van der Waals surface area (Å²) in [6.45, 7) is 1.46. The van der Waals surface area contributed by atoms with Gasteiger partial charge in [-0.2, -0.15) is 0 Å². The maximum absolute atomic E-state index is 10.9. The SMILES string of the molecule is CC(=O)Nc1ccc2c(C=O)cccc2c1. The first-order valence-corrected chi connectivity index (χ1v) is 4.96. The Bertz CT molecular complexity index is 561. The largest absolute Gasteiger partial charge is 0.326 e. The summed E-state index contributed by atoms with van der Waals surface area (Å²) in [4.78, 5) is 21.7. The Hall–Kier alpha value is -2.16. The van der Waals surface area contributed by atoms with Gasteiger partial charge in [0, 0.05) is 18.2 Å². The molecule has 2 aromatic carbocycles. The molecule has 0 aromatic heterocycles. The van der Waals surface area contributed by atoms with Crippen molar-refractivity contribution in [1.82, 2.24) is 0 Å². The standard InChI is InChI=1S/C13H11NO2/c1-9(16)14-12-5-6-13-10(7-12)3-2-4-11(13)8-15/h2-8H,1H3,(H,14,16). The van der Waals surface area contributed by atoms with Gasteiger partial charge < -0.3 is 5.32 Å². The van der Waals surface area contributed by atoms with Crippen LogP contribution < -0.4 is 5.32 Å². The Morgan fingerprint density at radius 2 is 2.06 bits per heavy atom. The van der Waals surface area contributed by atoms with Crippen LogP contribution in [0.1, 0.15) is 17.3 Å². The molecule has 0 atom stereocenters. The van der Waals surface area contributed by atoms with Crippen LogP contribution in [-0.4, -0.2) is 12.2 Å². The molecule has 80 valence electrons. The summed E-state index contributed by atoms with van der Waals surface area (Å²) in [6.07, 6.45) is 0.834. The molecule has 0 saturated heterocycles. The summed E-state index contributed by atoms with van der Waals surface area (Å²) in [5, 5.41) is 4.54. The molecular weight excluding hydrogens is 202 g/mol. The second kappa shape index (κ2) is 4.14. The number of nitrogens with one attached hydrogen (secondary N) is 1. The lowest BCUT2D eigenvalue weighted by Gasteiger charge is -2.05. The van der Waals surface area contributed by atoms with Crippen LogP contribution in [0.4, 0.5) is 5.69 Å². The van der Waals surface area contributed by atoms with Crippen molar-refractivity contribution in [3.63, 3.8) is 0 Å². The minimum atomic E-state index is -0.106. The molecule has 0 bridgehead atoms. The molecule has 0 radical (unpaired) electrons. The molecule has 0 fully saturated rings. The molecule has 0 heterocycles. The zero-order valence-electron chi connectivity index (χ0n) is 8.86. The van der Waals surface area contributed by atoms with Gasteiger partial charge in [0.15, 0.2) is 6.29 Å². The fourth-order valence-corrected chi connectivity index (χ4v) is 1.69. The number of carbonyl (C=O) groups is 2. The van der Waals surface area contributed by atoms with Gasteiger partial charge in [0.2, 0.25) is 5.91 Å². The van der Waals surface area contributed by atoms with E-state index in [0.29, 0.717) is 5.56 Å². The second-order valence-electron chi connectivity index (χ2n) is 3.58. The molecule has 3 heteroatoms. The van der Waals surface area contributed by atoms with E-state index in [9.17, 15) is 9.59 Å². The van der Waals surface area contributed by atoms with Crippen LogP contribution >= 0.6 is 0 Å². The van der Waals surface area contributed by atoms with Crippen LogP contribution in [0.15, 0.2) is 36.4 Å². The van der Waals surface area contributed by atoms with E-state index < -0.39 is 0 Å². The Labute approximate surface area is 93.1 Å². The predicted octanol–water partition coefficient (Wildman–Crippen LogP) is 2.61. The number of fused-ring (bicyclic) bond motifs is 1. The van der Waals surface area contributed by atoms with Crippen LogP contribution in [-0.2, 0) is 4.79 Å². The average molecular weight is 213 g/mol. The van der Waals surface area contributed by atoms with Gasteiger partial charge in [-0.15, -0.1) is 0 Å². The summed E-state index contributed by atoms with van der Waals surface area (Å²) in [6, 6.07) is 11.0. The Morgan fingerprint density at radius 1 is 1.25 bits per heavy atom. The number of anilines is 1. The highest BCUT2D eigenvalue weighted by molar-refractivity contribution is 6.00. The maximum Gasteiger partial charge on any atom is 0.221 e. The molecule has 2 aromatic rings. The third-order valence-electron chi connectivity index (χ3n) is 2.36. The molecule has 1 amide bonds. The minimum absolute atomic E-state index is 0.106. The molecule has 0 unspecified atom stereocenters. The highest BCUT2D eigenvalue weighted by Gasteiger charge is 2.01. The first-order valence-electron chi connectivity index (χ1n) is 4.96. The van der Waals surface area contributed by atoms with E-state index in [1.54, 1.807) is 12.1 Å². The summed E-state index contributed by atoms with van der Waals surface area (Å²) >= 11 is 0. The molecule has 2 rings (SSSR count). The third kappa shape index (κ3) is 1.93. The Morgan fingerprint density at radius 3 is 2.75 bits per heavy atom. The van der Waals surface area contributed by atoms with Crippen molar-refractivity contribution in [1.29, 1.82) is 0 Å². The monoisotopic (exact) mass is 213 g/mol. The summed E-state index contributed by atoms with van der Waals surface area (Å²) < 4.78 is 0. The van der Waals surface area contributed by atoms with Crippen molar-refractivity contribution in [3.05, 3.63) is 42.0 Å². The van der Waals surface area contributed by atoms with E-state index in [4.69, 9.17) is 0 Å². The molecule has 0 spiro atoms. The van der Waals surface area contributed by atoms with Gasteiger partial charge in [-0.05, 0) is 22.9 Å². The molecule has 3 nitrogen and oxygen atoms in total. The van der Waals surface area contributed by atoms with E-state index in [1.807, 2.05) is 24.3 Å². The zero-order valence-corrected chi connectivity index (χ0v) is 8.86. The highest BCUT2D eigenvalue weighted by atomic mass is 16.1. The van der Waals surface area contributed by atoms with Crippen LogP contribution in [0.3, 0.4) is 0 Å². The van der Waals surface area contributed by atoms with Gasteiger partial charge in [0.1, 0.15) is 0 Å². The lowest BCUT2D eigenvalue weighted by molar-refractivity contribution is -0.114. The lowest BCUT2D eigenvalue weighted by atomic mass is 10.0. The molecule has 0 aliphatic carbocycles. The smallest absolute Gasteiger partial charge is 0.221 e. The number of hydrogen-bond acceptors (Lipinski definition) is 2. The molecule has 16 heavy (non-hydrogen) atoms. The van der Waals surface area contributed by atoms with Gasteiger partial charge >= 0.3 is 0 Å². The van der Waals surface area contributed by atoms with Crippen LogP contribution in [0.2, 0.25) is 0 Å². The van der Waals surface area contributed by atoms with E-state index in [1.165, 1.54) is 6.92 Å². The first kappa shape index (κ1) is 10.4. The van der Waals surface area contributed by atoms with Gasteiger partial charge in [-0.3, -0.25) is 9.59 Å². The average Bonchev–Trinajstić information content (AvgIpc) is 2.27. The van der Waals surface area contributed by atoms with Crippen molar-refractivity contribution in [2.24, 2.45) is 0 Å². The summed E-state index contributed by atoms with van der Waals surface area (Å²) in [5.74, 6) is -0.106. The van der Waals surface area contributed by atoms with Crippen LogP contribution in [0.25, 0.3) is 10.8 Å². The third-order valence-corrected chi connectivity index (χ3v) is 2.36.